The zero-order chi connectivity index (χ0) is 19.2. The molecule has 0 radical (unpaired) electrons. The molecule has 0 bridgehead atoms. The molecule has 3 nitrogen and oxygen atoms in total. The summed E-state index contributed by atoms with van der Waals surface area (Å²) >= 11 is 18.2. The van der Waals surface area contributed by atoms with Crippen molar-refractivity contribution in [1.29, 1.82) is 0 Å². The van der Waals surface area contributed by atoms with Crippen LogP contribution in [0.25, 0.3) is 0 Å². The Kier molecular flexibility index (Phi) is 6.62. The average Bonchev–Trinajstić information content (AvgIpc) is 2.66. The Bertz CT molecular complexity index is 945. The lowest BCUT2D eigenvalue weighted by atomic mass is 10.1. The van der Waals surface area contributed by atoms with E-state index in [0.717, 1.165) is 5.56 Å². The molecule has 0 aliphatic carbocycles. The summed E-state index contributed by atoms with van der Waals surface area (Å²) < 4.78 is 5.89. The zero-order valence-electron chi connectivity index (χ0n) is 14.2. The van der Waals surface area contributed by atoms with Crippen molar-refractivity contribution in [2.45, 2.75) is 13.0 Å². The Morgan fingerprint density at radius 3 is 2.48 bits per heavy atom. The van der Waals surface area contributed by atoms with Gasteiger partial charge in [-0.05, 0) is 35.9 Å². The number of anilines is 1. The molecule has 0 saturated carbocycles. The van der Waals surface area contributed by atoms with Gasteiger partial charge in [-0.2, -0.15) is 0 Å². The Morgan fingerprint density at radius 1 is 0.926 bits per heavy atom. The summed E-state index contributed by atoms with van der Waals surface area (Å²) in [5, 5.41) is 3.98. The molecule has 0 aliphatic heterocycles. The molecule has 3 aromatic rings. The third kappa shape index (κ3) is 5.39. The van der Waals surface area contributed by atoms with Gasteiger partial charge in [-0.15, -0.1) is 0 Å². The second-order valence-corrected chi connectivity index (χ2v) is 7.07. The van der Waals surface area contributed by atoms with Crippen molar-refractivity contribution in [3.63, 3.8) is 0 Å². The van der Waals surface area contributed by atoms with Crippen LogP contribution in [0.1, 0.15) is 11.1 Å². The fraction of sp³-hybridized carbons (Fsp3) is 0.0952. The zero-order valence-corrected chi connectivity index (χ0v) is 16.5. The number of amides is 1. The van der Waals surface area contributed by atoms with Crippen LogP contribution in [0.2, 0.25) is 15.1 Å². The molecule has 27 heavy (non-hydrogen) atoms. The summed E-state index contributed by atoms with van der Waals surface area (Å²) in [4.78, 5) is 12.5. The summed E-state index contributed by atoms with van der Waals surface area (Å²) in [5.74, 6) is 0.363. The van der Waals surface area contributed by atoms with Crippen molar-refractivity contribution in [1.82, 2.24) is 0 Å². The van der Waals surface area contributed by atoms with E-state index >= 15 is 0 Å². The second kappa shape index (κ2) is 9.14. The normalized spacial score (nSPS) is 10.5. The van der Waals surface area contributed by atoms with E-state index in [2.05, 4.69) is 5.32 Å². The van der Waals surface area contributed by atoms with Crippen LogP contribution in [0.15, 0.2) is 66.7 Å². The molecule has 6 heteroatoms. The molecule has 3 aromatic carbocycles. The average molecular weight is 421 g/mol. The lowest BCUT2D eigenvalue weighted by Gasteiger charge is -2.13. The van der Waals surface area contributed by atoms with Gasteiger partial charge >= 0.3 is 0 Å². The van der Waals surface area contributed by atoms with Crippen LogP contribution in [0.4, 0.5) is 5.69 Å². The van der Waals surface area contributed by atoms with E-state index < -0.39 is 0 Å². The molecule has 1 amide bonds. The maximum atomic E-state index is 12.5. The van der Waals surface area contributed by atoms with Crippen LogP contribution in [-0.2, 0) is 17.8 Å². The van der Waals surface area contributed by atoms with Gasteiger partial charge in [0.1, 0.15) is 12.4 Å². The lowest BCUT2D eigenvalue weighted by Crippen LogP contribution is -2.15. The molecule has 0 fully saturated rings. The topological polar surface area (TPSA) is 38.3 Å². The van der Waals surface area contributed by atoms with Gasteiger partial charge in [-0.3, -0.25) is 4.79 Å². The minimum atomic E-state index is -0.244. The van der Waals surface area contributed by atoms with E-state index in [0.29, 0.717) is 38.7 Å². The first kappa shape index (κ1) is 19.6. The van der Waals surface area contributed by atoms with Crippen LogP contribution in [0, 0.1) is 0 Å². The molecule has 0 saturated heterocycles. The second-order valence-electron chi connectivity index (χ2n) is 5.85. The van der Waals surface area contributed by atoms with E-state index in [-0.39, 0.29) is 12.3 Å². The number of ether oxygens (including phenoxy) is 1. The highest BCUT2D eigenvalue weighted by Gasteiger charge is 2.13. The summed E-state index contributed by atoms with van der Waals surface area (Å²) in [5.41, 5.74) is 2.19. The Morgan fingerprint density at radius 2 is 1.70 bits per heavy atom. The highest BCUT2D eigenvalue weighted by molar-refractivity contribution is 6.44. The minimum absolute atomic E-state index is 0.0908. The molecular formula is C21H16Cl3NO2. The summed E-state index contributed by atoms with van der Waals surface area (Å²) in [6.45, 7) is 0.400. The largest absolute Gasteiger partial charge is 0.489 e. The summed E-state index contributed by atoms with van der Waals surface area (Å²) in [7, 11) is 0. The number of nitrogens with one attached hydrogen (secondary N) is 1. The molecule has 1 N–H and O–H groups in total. The van der Waals surface area contributed by atoms with E-state index in [1.807, 2.05) is 30.3 Å². The maximum Gasteiger partial charge on any atom is 0.228 e. The van der Waals surface area contributed by atoms with Crippen LogP contribution in [-0.4, -0.2) is 5.91 Å². The van der Waals surface area contributed by atoms with Crippen molar-refractivity contribution < 1.29 is 9.53 Å². The first-order chi connectivity index (χ1) is 13.0. The first-order valence-electron chi connectivity index (χ1n) is 8.22. The van der Waals surface area contributed by atoms with Crippen LogP contribution < -0.4 is 10.1 Å². The van der Waals surface area contributed by atoms with Gasteiger partial charge in [-0.1, -0.05) is 71.2 Å². The first-order valence-corrected chi connectivity index (χ1v) is 9.35. The molecule has 0 aromatic heterocycles. The molecule has 0 heterocycles. The van der Waals surface area contributed by atoms with E-state index in [1.165, 1.54) is 0 Å². The predicted molar refractivity (Wildman–Crippen MR) is 111 cm³/mol. The third-order valence-electron chi connectivity index (χ3n) is 3.84. The summed E-state index contributed by atoms with van der Waals surface area (Å²) in [6.07, 6.45) is 0.0908. The van der Waals surface area contributed by atoms with Gasteiger partial charge in [0.25, 0.3) is 0 Å². The van der Waals surface area contributed by atoms with Gasteiger partial charge in [-0.25, -0.2) is 0 Å². The Balaban J connectivity index is 1.72. The van der Waals surface area contributed by atoms with Gasteiger partial charge in [0.15, 0.2) is 0 Å². The number of hydrogen-bond donors (Lipinski definition) is 1. The van der Waals surface area contributed by atoms with E-state index in [4.69, 9.17) is 39.5 Å². The molecule has 0 atom stereocenters. The van der Waals surface area contributed by atoms with Crippen molar-refractivity contribution >= 4 is 46.4 Å². The number of benzene rings is 3. The van der Waals surface area contributed by atoms with Crippen molar-refractivity contribution in [2.24, 2.45) is 0 Å². The monoisotopic (exact) mass is 419 g/mol. The van der Waals surface area contributed by atoms with E-state index in [1.54, 1.807) is 36.4 Å². The van der Waals surface area contributed by atoms with Crippen LogP contribution in [0.5, 0.6) is 5.75 Å². The molecule has 0 spiro atoms. The molecular weight excluding hydrogens is 405 g/mol. The number of hydrogen-bond acceptors (Lipinski definition) is 2. The molecule has 3 rings (SSSR count). The van der Waals surface area contributed by atoms with Gasteiger partial charge in [0, 0.05) is 10.6 Å². The quantitative estimate of drug-likeness (QED) is 0.500. The van der Waals surface area contributed by atoms with Crippen LogP contribution in [0.3, 0.4) is 0 Å². The fourth-order valence-electron chi connectivity index (χ4n) is 2.53. The smallest absolute Gasteiger partial charge is 0.228 e. The lowest BCUT2D eigenvalue weighted by molar-refractivity contribution is -0.115. The van der Waals surface area contributed by atoms with Gasteiger partial charge in [0.2, 0.25) is 5.91 Å². The minimum Gasteiger partial charge on any atom is -0.489 e. The van der Waals surface area contributed by atoms with Gasteiger partial charge in [0.05, 0.1) is 22.2 Å². The maximum absolute atomic E-state index is 12.5. The number of halogens is 3. The van der Waals surface area contributed by atoms with Crippen molar-refractivity contribution in [2.75, 3.05) is 5.32 Å². The highest BCUT2D eigenvalue weighted by Crippen LogP contribution is 2.30. The van der Waals surface area contributed by atoms with Crippen molar-refractivity contribution in [3.05, 3.63) is 92.9 Å². The van der Waals surface area contributed by atoms with Crippen molar-refractivity contribution in [3.8, 4) is 5.75 Å². The molecule has 0 unspecified atom stereocenters. The Hall–Kier alpha value is -2.20. The highest BCUT2D eigenvalue weighted by atomic mass is 35.5. The standard InChI is InChI=1S/C21H16Cl3NO2/c22-16-9-10-19(27-13-14-5-2-1-3-6-14)15(11-16)12-20(26)25-18-8-4-7-17(23)21(18)24/h1-11H,12-13H2,(H,25,26). The molecule has 138 valence electrons. The fourth-order valence-corrected chi connectivity index (χ4v) is 3.07. The predicted octanol–water partition coefficient (Wildman–Crippen LogP) is 6.41. The number of rotatable bonds is 6. The number of carbonyl (C=O) groups is 1. The Labute approximate surface area is 172 Å². The molecule has 0 aliphatic rings. The van der Waals surface area contributed by atoms with E-state index in [9.17, 15) is 4.79 Å². The third-order valence-corrected chi connectivity index (χ3v) is 4.89. The van der Waals surface area contributed by atoms with Gasteiger partial charge < -0.3 is 10.1 Å². The SMILES string of the molecule is O=C(Cc1cc(Cl)ccc1OCc1ccccc1)Nc1cccc(Cl)c1Cl. The van der Waals surface area contributed by atoms with Crippen LogP contribution >= 0.6 is 34.8 Å². The summed E-state index contributed by atoms with van der Waals surface area (Å²) in [6, 6.07) is 20.1. The number of carbonyl (C=O) groups excluding carboxylic acids is 1.